The Labute approximate surface area is 117 Å². The number of hydrogen-bond donors (Lipinski definition) is 2. The Morgan fingerprint density at radius 1 is 1.37 bits per heavy atom. The number of benzene rings is 1. The van der Waals surface area contributed by atoms with Crippen LogP contribution < -0.4 is 10.6 Å². The first-order valence-electron chi connectivity index (χ1n) is 6.48. The number of rotatable bonds is 7. The Bertz CT molecular complexity index is 449. The van der Waals surface area contributed by atoms with Gasteiger partial charge in [0, 0.05) is 41.1 Å². The third kappa shape index (κ3) is 5.42. The smallest absolute Gasteiger partial charge is 0.253 e. The molecule has 1 amide bonds. The maximum absolute atomic E-state index is 12.2. The van der Waals surface area contributed by atoms with Gasteiger partial charge in [-0.3, -0.25) is 9.00 Å². The lowest BCUT2D eigenvalue weighted by Gasteiger charge is -2.15. The van der Waals surface area contributed by atoms with Gasteiger partial charge in [0.1, 0.15) is 0 Å². The summed E-state index contributed by atoms with van der Waals surface area (Å²) in [5.74, 6) is 0.516. The Morgan fingerprint density at radius 3 is 2.68 bits per heavy atom. The lowest BCUT2D eigenvalue weighted by Crippen LogP contribution is -2.34. The third-order valence-electron chi connectivity index (χ3n) is 2.75. The van der Waals surface area contributed by atoms with Crippen LogP contribution in [-0.4, -0.2) is 34.7 Å². The van der Waals surface area contributed by atoms with Crippen molar-refractivity contribution in [1.29, 1.82) is 0 Å². The van der Waals surface area contributed by atoms with E-state index in [0.717, 1.165) is 18.7 Å². The third-order valence-corrected chi connectivity index (χ3v) is 3.57. The lowest BCUT2D eigenvalue weighted by atomic mass is 10.1. The number of anilines is 1. The first-order valence-corrected chi connectivity index (χ1v) is 8.21. The van der Waals surface area contributed by atoms with E-state index < -0.39 is 10.8 Å². The van der Waals surface area contributed by atoms with E-state index in [4.69, 9.17) is 0 Å². The van der Waals surface area contributed by atoms with Gasteiger partial charge in [0.15, 0.2) is 0 Å². The van der Waals surface area contributed by atoms with Gasteiger partial charge in [-0.25, -0.2) is 0 Å². The molecule has 2 atom stereocenters. The normalized spacial score (nSPS) is 13.6. The Morgan fingerprint density at radius 2 is 2.05 bits per heavy atom. The van der Waals surface area contributed by atoms with Crippen LogP contribution in [0, 0.1) is 0 Å². The molecule has 19 heavy (non-hydrogen) atoms. The van der Waals surface area contributed by atoms with E-state index in [1.54, 1.807) is 12.3 Å². The summed E-state index contributed by atoms with van der Waals surface area (Å²) in [5, 5.41) is 6.11. The highest BCUT2D eigenvalue weighted by molar-refractivity contribution is 7.84. The largest absolute Gasteiger partial charge is 0.385 e. The van der Waals surface area contributed by atoms with Crippen molar-refractivity contribution in [2.75, 3.05) is 23.9 Å². The molecule has 0 bridgehead atoms. The molecule has 2 unspecified atom stereocenters. The van der Waals surface area contributed by atoms with Crippen LogP contribution in [0.25, 0.3) is 0 Å². The van der Waals surface area contributed by atoms with Crippen LogP contribution in [0.4, 0.5) is 5.69 Å². The Balaban J connectivity index is 2.64. The van der Waals surface area contributed by atoms with E-state index in [1.807, 2.05) is 32.0 Å². The van der Waals surface area contributed by atoms with Gasteiger partial charge in [0.05, 0.1) is 5.56 Å². The van der Waals surface area contributed by atoms with Crippen molar-refractivity contribution < 1.29 is 9.00 Å². The van der Waals surface area contributed by atoms with E-state index in [9.17, 15) is 9.00 Å². The maximum Gasteiger partial charge on any atom is 0.253 e. The van der Waals surface area contributed by atoms with Crippen LogP contribution in [0.15, 0.2) is 24.3 Å². The van der Waals surface area contributed by atoms with Crippen molar-refractivity contribution in [2.24, 2.45) is 0 Å². The number of nitrogens with one attached hydrogen (secondary N) is 2. The molecule has 4 nitrogen and oxygen atoms in total. The molecule has 0 spiro atoms. The van der Waals surface area contributed by atoms with Crippen molar-refractivity contribution in [3.63, 3.8) is 0 Å². The number of hydrogen-bond acceptors (Lipinski definition) is 3. The van der Waals surface area contributed by atoms with E-state index >= 15 is 0 Å². The minimum atomic E-state index is -0.817. The highest BCUT2D eigenvalue weighted by Gasteiger charge is 2.13. The number of carbonyl (C=O) groups excluding carboxylic acids is 1. The van der Waals surface area contributed by atoms with Crippen LogP contribution in [0.3, 0.4) is 0 Å². The molecule has 5 heteroatoms. The molecule has 1 aromatic carbocycles. The zero-order valence-corrected chi connectivity index (χ0v) is 12.5. The van der Waals surface area contributed by atoms with Gasteiger partial charge in [-0.2, -0.15) is 0 Å². The summed E-state index contributed by atoms with van der Waals surface area (Å²) in [5.41, 5.74) is 1.49. The molecule has 0 aliphatic rings. The molecule has 106 valence electrons. The van der Waals surface area contributed by atoms with Gasteiger partial charge in [-0.1, -0.05) is 12.1 Å². The molecular weight excluding hydrogens is 260 g/mol. The monoisotopic (exact) mass is 282 g/mol. The Kier molecular flexibility index (Phi) is 6.56. The lowest BCUT2D eigenvalue weighted by molar-refractivity contribution is 0.0940. The van der Waals surface area contributed by atoms with Gasteiger partial charge in [0.2, 0.25) is 0 Å². The van der Waals surface area contributed by atoms with Crippen molar-refractivity contribution in [3.8, 4) is 0 Å². The zero-order valence-electron chi connectivity index (χ0n) is 11.7. The van der Waals surface area contributed by atoms with E-state index in [1.165, 1.54) is 0 Å². The summed E-state index contributed by atoms with van der Waals surface area (Å²) in [4.78, 5) is 12.2. The fraction of sp³-hybridized carbons (Fsp3) is 0.500. The molecule has 0 aliphatic heterocycles. The summed E-state index contributed by atoms with van der Waals surface area (Å²) >= 11 is 0. The first-order chi connectivity index (χ1) is 9.04. The molecule has 0 aliphatic carbocycles. The van der Waals surface area contributed by atoms with Crippen molar-refractivity contribution >= 4 is 22.4 Å². The Hall–Kier alpha value is -1.36. The van der Waals surface area contributed by atoms with Crippen molar-refractivity contribution in [2.45, 2.75) is 26.3 Å². The molecule has 1 aromatic rings. The molecule has 0 radical (unpaired) electrons. The van der Waals surface area contributed by atoms with Crippen LogP contribution >= 0.6 is 0 Å². The molecule has 0 aromatic heterocycles. The summed E-state index contributed by atoms with van der Waals surface area (Å²) < 4.78 is 11.0. The molecule has 0 saturated carbocycles. The molecule has 0 heterocycles. The predicted molar refractivity (Wildman–Crippen MR) is 81.1 cm³/mol. The number of carbonyl (C=O) groups is 1. The highest BCUT2D eigenvalue weighted by atomic mass is 32.2. The van der Waals surface area contributed by atoms with Crippen LogP contribution in [0.5, 0.6) is 0 Å². The molecule has 2 N–H and O–H groups in total. The average molecular weight is 282 g/mol. The van der Waals surface area contributed by atoms with Crippen molar-refractivity contribution in [1.82, 2.24) is 5.32 Å². The van der Waals surface area contributed by atoms with Gasteiger partial charge < -0.3 is 10.6 Å². The molecule has 1 rings (SSSR count). The van der Waals surface area contributed by atoms with E-state index in [-0.39, 0.29) is 11.9 Å². The van der Waals surface area contributed by atoms with Gasteiger partial charge in [-0.15, -0.1) is 0 Å². The maximum atomic E-state index is 12.2. The molecular formula is C14H22N2O2S. The SMILES string of the molecule is CCNc1ccccc1C(=O)NC(C)CCS(C)=O. The highest BCUT2D eigenvalue weighted by Crippen LogP contribution is 2.14. The second-order valence-electron chi connectivity index (χ2n) is 4.52. The van der Waals surface area contributed by atoms with Gasteiger partial charge >= 0.3 is 0 Å². The fourth-order valence-electron chi connectivity index (χ4n) is 1.74. The van der Waals surface area contributed by atoms with Crippen LogP contribution in [-0.2, 0) is 10.8 Å². The summed E-state index contributed by atoms with van der Waals surface area (Å²) in [6.07, 6.45) is 2.40. The number of para-hydroxylation sites is 1. The van der Waals surface area contributed by atoms with E-state index in [2.05, 4.69) is 10.6 Å². The van der Waals surface area contributed by atoms with Crippen molar-refractivity contribution in [3.05, 3.63) is 29.8 Å². The fourth-order valence-corrected chi connectivity index (χ4v) is 2.43. The minimum absolute atomic E-state index is 0.0195. The number of amides is 1. The standard InChI is InChI=1S/C14H22N2O2S/c1-4-15-13-8-6-5-7-12(13)14(17)16-11(2)9-10-19(3)18/h5-8,11,15H,4,9-10H2,1-3H3,(H,16,17). The minimum Gasteiger partial charge on any atom is -0.385 e. The van der Waals surface area contributed by atoms with Gasteiger partial charge in [0.25, 0.3) is 5.91 Å². The zero-order chi connectivity index (χ0) is 14.3. The molecule has 0 saturated heterocycles. The van der Waals surface area contributed by atoms with Gasteiger partial charge in [-0.05, 0) is 32.4 Å². The summed E-state index contributed by atoms with van der Waals surface area (Å²) in [6, 6.07) is 7.47. The quantitative estimate of drug-likeness (QED) is 0.804. The second kappa shape index (κ2) is 7.94. The van der Waals surface area contributed by atoms with Crippen LogP contribution in [0.2, 0.25) is 0 Å². The second-order valence-corrected chi connectivity index (χ2v) is 6.07. The first kappa shape index (κ1) is 15.7. The topological polar surface area (TPSA) is 58.2 Å². The van der Waals surface area contributed by atoms with Crippen LogP contribution in [0.1, 0.15) is 30.6 Å². The average Bonchev–Trinajstić information content (AvgIpc) is 2.37. The predicted octanol–water partition coefficient (Wildman–Crippen LogP) is 2.01. The van der Waals surface area contributed by atoms with E-state index in [0.29, 0.717) is 11.3 Å². The summed E-state index contributed by atoms with van der Waals surface area (Å²) in [7, 11) is -0.817. The molecule has 0 fully saturated rings. The summed E-state index contributed by atoms with van der Waals surface area (Å²) in [6.45, 7) is 4.70.